The van der Waals surface area contributed by atoms with Crippen LogP contribution in [0.25, 0.3) is 0 Å². The molecular formula is C12H31ClO5Si2. The number of rotatable bonds is 10. The zero-order valence-corrected chi connectivity index (χ0v) is 16.7. The molecule has 20 heavy (non-hydrogen) atoms. The Morgan fingerprint density at radius 2 is 1.25 bits per heavy atom. The Bertz CT molecular complexity index is 206. The zero-order valence-electron chi connectivity index (χ0n) is 14.0. The van der Waals surface area contributed by atoms with Crippen molar-refractivity contribution < 1.29 is 22.1 Å². The summed E-state index contributed by atoms with van der Waals surface area (Å²) < 4.78 is 26.0. The molecule has 0 saturated carbocycles. The molecule has 0 N–H and O–H groups in total. The minimum absolute atomic E-state index is 0.616. The van der Waals surface area contributed by atoms with Gasteiger partial charge in [0, 0.05) is 47.5 Å². The molecule has 0 radical (unpaired) electrons. The second-order valence-electron chi connectivity index (χ2n) is 4.38. The highest BCUT2D eigenvalue weighted by molar-refractivity contribution is 6.65. The predicted molar refractivity (Wildman–Crippen MR) is 87.7 cm³/mol. The Hall–Kier alpha value is 0.524. The van der Waals surface area contributed by atoms with Crippen molar-refractivity contribution in [3.8, 4) is 0 Å². The molecule has 0 aliphatic carbocycles. The quantitative estimate of drug-likeness (QED) is 0.449. The lowest BCUT2D eigenvalue weighted by molar-refractivity contribution is 0.123. The Labute approximate surface area is 131 Å². The topological polar surface area (TPSA) is 46.2 Å². The first-order valence-electron chi connectivity index (χ1n) is 6.74. The van der Waals surface area contributed by atoms with Crippen LogP contribution >= 0.6 is 11.6 Å². The summed E-state index contributed by atoms with van der Waals surface area (Å²) in [5, 5.41) is 0. The molecule has 0 spiro atoms. The van der Waals surface area contributed by atoms with Crippen LogP contribution in [0.3, 0.4) is 0 Å². The van der Waals surface area contributed by atoms with Crippen molar-refractivity contribution in [2.75, 3.05) is 41.4 Å². The van der Waals surface area contributed by atoms with E-state index in [0.717, 1.165) is 24.9 Å². The van der Waals surface area contributed by atoms with Crippen LogP contribution in [0.2, 0.25) is 18.6 Å². The fraction of sp³-hybridized carbons (Fsp3) is 1.00. The predicted octanol–water partition coefficient (Wildman–Crippen LogP) is 3.25. The minimum Gasteiger partial charge on any atom is -0.398 e. The molecule has 0 heterocycles. The lowest BCUT2D eigenvalue weighted by Gasteiger charge is -2.23. The van der Waals surface area contributed by atoms with Crippen LogP contribution in [0.5, 0.6) is 0 Å². The maximum atomic E-state index is 5.53. The van der Waals surface area contributed by atoms with E-state index >= 15 is 0 Å². The Morgan fingerprint density at radius 3 is 1.45 bits per heavy atom. The largest absolute Gasteiger partial charge is 0.500 e. The monoisotopic (exact) mass is 346 g/mol. The van der Waals surface area contributed by atoms with Crippen molar-refractivity contribution in [2.24, 2.45) is 0 Å². The molecule has 0 aliphatic rings. The molecule has 0 amide bonds. The molecule has 8 heteroatoms. The summed E-state index contributed by atoms with van der Waals surface area (Å²) in [5.41, 5.74) is 0. The number of hydrogen-bond donors (Lipinski definition) is 0. The van der Waals surface area contributed by atoms with E-state index in [4.69, 9.17) is 33.7 Å². The molecule has 0 atom stereocenters. The van der Waals surface area contributed by atoms with E-state index in [0.29, 0.717) is 5.88 Å². The summed E-state index contributed by atoms with van der Waals surface area (Å²) in [7, 11) is 4.25. The molecule has 0 aromatic heterocycles. The van der Waals surface area contributed by atoms with E-state index in [2.05, 4.69) is 13.5 Å². The van der Waals surface area contributed by atoms with Gasteiger partial charge in [-0.25, -0.2) is 0 Å². The fourth-order valence-corrected chi connectivity index (χ4v) is 5.14. The lowest BCUT2D eigenvalue weighted by Crippen LogP contribution is -2.42. The molecule has 0 aromatic rings. The van der Waals surface area contributed by atoms with Gasteiger partial charge in [-0.3, -0.25) is 0 Å². The molecule has 0 unspecified atom stereocenters. The molecular weight excluding hydrogens is 316 g/mol. The SMILES string of the molecule is CCC[Si](C)(OC)OC.CO[Si](CCCCl)(OC)OC. The van der Waals surface area contributed by atoms with Crippen molar-refractivity contribution in [1.82, 2.24) is 0 Å². The standard InChI is InChI=1S/C6H15ClO3Si.C6H16O2Si/c1-8-11(9-2,10-3)6-4-5-7;1-5-6-9(4,7-2)8-3/h4-6H2,1-3H3;5-6H2,1-4H3. The highest BCUT2D eigenvalue weighted by Crippen LogP contribution is 2.15. The van der Waals surface area contributed by atoms with E-state index in [1.54, 1.807) is 35.5 Å². The molecule has 0 fully saturated rings. The van der Waals surface area contributed by atoms with Gasteiger partial charge in [0.2, 0.25) is 0 Å². The first-order valence-corrected chi connectivity index (χ1v) is 11.7. The van der Waals surface area contributed by atoms with Gasteiger partial charge in [0.05, 0.1) is 0 Å². The van der Waals surface area contributed by atoms with Crippen molar-refractivity contribution >= 4 is 29.0 Å². The highest BCUT2D eigenvalue weighted by Gasteiger charge is 2.36. The second kappa shape index (κ2) is 13.2. The van der Waals surface area contributed by atoms with Crippen LogP contribution in [0.1, 0.15) is 19.8 Å². The molecule has 0 saturated heterocycles. The third-order valence-corrected chi connectivity index (χ3v) is 9.35. The van der Waals surface area contributed by atoms with Gasteiger partial charge in [-0.15, -0.1) is 11.6 Å². The number of hydrogen-bond acceptors (Lipinski definition) is 5. The van der Waals surface area contributed by atoms with Crippen LogP contribution in [0.15, 0.2) is 0 Å². The molecule has 0 rings (SSSR count). The number of halogens is 1. The van der Waals surface area contributed by atoms with Crippen LogP contribution < -0.4 is 0 Å². The van der Waals surface area contributed by atoms with E-state index in [-0.39, 0.29) is 0 Å². The van der Waals surface area contributed by atoms with Crippen LogP contribution in [-0.4, -0.2) is 58.8 Å². The van der Waals surface area contributed by atoms with Crippen molar-refractivity contribution in [2.45, 2.75) is 38.4 Å². The van der Waals surface area contributed by atoms with E-state index < -0.39 is 17.4 Å². The molecule has 0 aromatic carbocycles. The summed E-state index contributed by atoms with van der Waals surface area (Å²) in [4.78, 5) is 0. The third-order valence-electron chi connectivity index (χ3n) is 3.12. The van der Waals surface area contributed by atoms with Crippen molar-refractivity contribution in [3.63, 3.8) is 0 Å². The van der Waals surface area contributed by atoms with E-state index in [1.807, 2.05) is 0 Å². The Kier molecular flexibility index (Phi) is 15.1. The molecule has 0 aliphatic heterocycles. The van der Waals surface area contributed by atoms with Gasteiger partial charge in [0.1, 0.15) is 0 Å². The van der Waals surface area contributed by atoms with E-state index in [9.17, 15) is 0 Å². The summed E-state index contributed by atoms with van der Waals surface area (Å²) in [5.74, 6) is 0.616. The zero-order chi connectivity index (χ0) is 16.1. The minimum atomic E-state index is -2.32. The van der Waals surface area contributed by atoms with Gasteiger partial charge in [-0.2, -0.15) is 0 Å². The highest BCUT2D eigenvalue weighted by atomic mass is 35.5. The Balaban J connectivity index is 0. The lowest BCUT2D eigenvalue weighted by atomic mass is 10.6. The average molecular weight is 347 g/mol. The summed E-state index contributed by atoms with van der Waals surface area (Å²) in [6.45, 7) is 4.22. The molecule has 5 nitrogen and oxygen atoms in total. The van der Waals surface area contributed by atoms with Gasteiger partial charge >= 0.3 is 17.4 Å². The van der Waals surface area contributed by atoms with Gasteiger partial charge in [-0.05, 0) is 19.0 Å². The molecule has 0 bridgehead atoms. The number of alkyl halides is 1. The van der Waals surface area contributed by atoms with E-state index in [1.165, 1.54) is 0 Å². The van der Waals surface area contributed by atoms with Gasteiger partial charge in [-0.1, -0.05) is 13.3 Å². The maximum absolute atomic E-state index is 5.53. The van der Waals surface area contributed by atoms with Crippen molar-refractivity contribution in [3.05, 3.63) is 0 Å². The van der Waals surface area contributed by atoms with Gasteiger partial charge in [0.15, 0.2) is 0 Å². The van der Waals surface area contributed by atoms with Crippen molar-refractivity contribution in [1.29, 1.82) is 0 Å². The smallest absolute Gasteiger partial charge is 0.398 e. The first kappa shape index (κ1) is 22.8. The third kappa shape index (κ3) is 9.46. The Morgan fingerprint density at radius 1 is 0.800 bits per heavy atom. The summed E-state index contributed by atoms with van der Waals surface area (Å²) >= 11 is 5.53. The average Bonchev–Trinajstić information content (AvgIpc) is 2.50. The fourth-order valence-electron chi connectivity index (χ4n) is 1.58. The second-order valence-corrected chi connectivity index (χ2v) is 11.4. The summed E-state index contributed by atoms with van der Waals surface area (Å²) in [6.07, 6.45) is 2.01. The van der Waals surface area contributed by atoms with Gasteiger partial charge in [0.25, 0.3) is 0 Å². The normalized spacial score (nSPS) is 12.0. The van der Waals surface area contributed by atoms with Crippen LogP contribution in [-0.2, 0) is 22.1 Å². The van der Waals surface area contributed by atoms with Crippen LogP contribution in [0, 0.1) is 0 Å². The van der Waals surface area contributed by atoms with Gasteiger partial charge < -0.3 is 22.1 Å². The summed E-state index contributed by atoms with van der Waals surface area (Å²) in [6, 6.07) is 1.86. The first-order chi connectivity index (χ1) is 9.42. The molecule has 124 valence electrons. The maximum Gasteiger partial charge on any atom is 0.500 e. The van der Waals surface area contributed by atoms with Crippen LogP contribution in [0.4, 0.5) is 0 Å².